The molecular formula is C15H19N3O3. The molecule has 2 aliphatic rings. The summed E-state index contributed by atoms with van der Waals surface area (Å²) in [6, 6.07) is 3.62. The van der Waals surface area contributed by atoms with Gasteiger partial charge in [0.2, 0.25) is 5.91 Å². The first-order valence-corrected chi connectivity index (χ1v) is 7.26. The molecule has 6 nitrogen and oxygen atoms in total. The number of carbonyl (C=O) groups excluding carboxylic acids is 2. The lowest BCUT2D eigenvalue weighted by atomic mass is 9.92. The number of piperidine rings is 1. The molecule has 2 aliphatic heterocycles. The SMILES string of the molecule is Cc1ccc(C(=O)N2CC[C@H]3C(=O)NCCO[C@H]3C2)cn1. The van der Waals surface area contributed by atoms with Gasteiger partial charge in [0, 0.05) is 31.5 Å². The van der Waals surface area contributed by atoms with E-state index >= 15 is 0 Å². The lowest BCUT2D eigenvalue weighted by Crippen LogP contribution is -2.50. The monoisotopic (exact) mass is 289 g/mol. The second-order valence-corrected chi connectivity index (χ2v) is 5.53. The van der Waals surface area contributed by atoms with Crippen LogP contribution in [-0.4, -0.2) is 54.0 Å². The van der Waals surface area contributed by atoms with Gasteiger partial charge in [-0.25, -0.2) is 0 Å². The fourth-order valence-electron chi connectivity index (χ4n) is 2.86. The standard InChI is InChI=1S/C15H19N3O3/c1-10-2-3-11(8-17-10)15(20)18-6-4-12-13(9-18)21-7-5-16-14(12)19/h2-3,8,12-13H,4-7,9H2,1H3,(H,16,19)/t12-,13+/m1/s1. The molecule has 112 valence electrons. The Bertz CT molecular complexity index is 544. The van der Waals surface area contributed by atoms with Crippen LogP contribution in [0.4, 0.5) is 0 Å². The number of rotatable bonds is 1. The van der Waals surface area contributed by atoms with E-state index in [-0.39, 0.29) is 23.8 Å². The van der Waals surface area contributed by atoms with Gasteiger partial charge in [0.1, 0.15) is 0 Å². The average molecular weight is 289 g/mol. The van der Waals surface area contributed by atoms with Crippen LogP contribution in [0.1, 0.15) is 22.5 Å². The van der Waals surface area contributed by atoms with E-state index in [1.54, 1.807) is 17.2 Å². The Balaban J connectivity index is 1.72. The third-order valence-electron chi connectivity index (χ3n) is 4.07. The minimum Gasteiger partial charge on any atom is -0.374 e. The molecule has 0 radical (unpaired) electrons. The minimum absolute atomic E-state index is 0.0431. The lowest BCUT2D eigenvalue weighted by Gasteiger charge is -2.36. The van der Waals surface area contributed by atoms with E-state index in [0.29, 0.717) is 38.2 Å². The molecule has 2 amide bonds. The highest BCUT2D eigenvalue weighted by molar-refractivity contribution is 5.94. The number of aryl methyl sites for hydroxylation is 1. The second-order valence-electron chi connectivity index (χ2n) is 5.53. The fraction of sp³-hybridized carbons (Fsp3) is 0.533. The fourth-order valence-corrected chi connectivity index (χ4v) is 2.86. The maximum atomic E-state index is 12.5. The molecule has 1 aromatic rings. The number of hydrogen-bond donors (Lipinski definition) is 1. The molecule has 6 heteroatoms. The van der Waals surface area contributed by atoms with Gasteiger partial charge in [0.25, 0.3) is 5.91 Å². The normalized spacial score (nSPS) is 25.8. The number of amides is 2. The van der Waals surface area contributed by atoms with Gasteiger partial charge in [0.05, 0.1) is 24.2 Å². The van der Waals surface area contributed by atoms with Crippen molar-refractivity contribution in [2.45, 2.75) is 19.4 Å². The molecule has 2 saturated heterocycles. The molecular weight excluding hydrogens is 270 g/mol. The number of pyridine rings is 1. The van der Waals surface area contributed by atoms with Gasteiger partial charge < -0.3 is 15.0 Å². The van der Waals surface area contributed by atoms with E-state index in [4.69, 9.17) is 4.74 Å². The van der Waals surface area contributed by atoms with Crippen molar-refractivity contribution in [3.63, 3.8) is 0 Å². The van der Waals surface area contributed by atoms with Crippen molar-refractivity contribution in [2.75, 3.05) is 26.2 Å². The molecule has 0 aromatic carbocycles. The topological polar surface area (TPSA) is 71.5 Å². The summed E-state index contributed by atoms with van der Waals surface area (Å²) in [4.78, 5) is 30.3. The number of nitrogens with one attached hydrogen (secondary N) is 1. The molecule has 1 aromatic heterocycles. The van der Waals surface area contributed by atoms with Gasteiger partial charge in [-0.15, -0.1) is 0 Å². The predicted octanol–water partition coefficient (Wildman–Crippen LogP) is 0.367. The van der Waals surface area contributed by atoms with E-state index < -0.39 is 0 Å². The van der Waals surface area contributed by atoms with E-state index in [1.807, 2.05) is 13.0 Å². The minimum atomic E-state index is -0.205. The lowest BCUT2D eigenvalue weighted by molar-refractivity contribution is -0.129. The zero-order valence-corrected chi connectivity index (χ0v) is 12.0. The summed E-state index contributed by atoms with van der Waals surface area (Å²) in [7, 11) is 0. The molecule has 0 saturated carbocycles. The molecule has 21 heavy (non-hydrogen) atoms. The maximum Gasteiger partial charge on any atom is 0.255 e. The zero-order chi connectivity index (χ0) is 14.8. The highest BCUT2D eigenvalue weighted by Gasteiger charge is 2.37. The Morgan fingerprint density at radius 3 is 3.10 bits per heavy atom. The van der Waals surface area contributed by atoms with Gasteiger partial charge in [-0.3, -0.25) is 14.6 Å². The van der Waals surface area contributed by atoms with E-state index in [1.165, 1.54) is 0 Å². The van der Waals surface area contributed by atoms with Gasteiger partial charge in [0.15, 0.2) is 0 Å². The van der Waals surface area contributed by atoms with Crippen molar-refractivity contribution in [3.05, 3.63) is 29.6 Å². The van der Waals surface area contributed by atoms with Gasteiger partial charge >= 0.3 is 0 Å². The first kappa shape index (κ1) is 14.0. The maximum absolute atomic E-state index is 12.5. The quantitative estimate of drug-likeness (QED) is 0.810. The zero-order valence-electron chi connectivity index (χ0n) is 12.0. The number of aromatic nitrogens is 1. The van der Waals surface area contributed by atoms with Gasteiger partial charge in [-0.05, 0) is 25.5 Å². The highest BCUT2D eigenvalue weighted by Crippen LogP contribution is 2.23. The molecule has 3 heterocycles. The Labute approximate surface area is 123 Å². The largest absolute Gasteiger partial charge is 0.374 e. The first-order chi connectivity index (χ1) is 10.1. The van der Waals surface area contributed by atoms with Crippen LogP contribution >= 0.6 is 0 Å². The van der Waals surface area contributed by atoms with Gasteiger partial charge in [-0.1, -0.05) is 0 Å². The molecule has 0 unspecified atom stereocenters. The summed E-state index contributed by atoms with van der Waals surface area (Å²) in [5, 5.41) is 2.85. The predicted molar refractivity (Wildman–Crippen MR) is 75.7 cm³/mol. The van der Waals surface area contributed by atoms with Crippen LogP contribution in [0.5, 0.6) is 0 Å². The highest BCUT2D eigenvalue weighted by atomic mass is 16.5. The summed E-state index contributed by atoms with van der Waals surface area (Å²) in [6.45, 7) is 3.97. The number of fused-ring (bicyclic) bond motifs is 1. The van der Waals surface area contributed by atoms with Crippen molar-refractivity contribution in [3.8, 4) is 0 Å². The van der Waals surface area contributed by atoms with E-state index in [9.17, 15) is 9.59 Å². The molecule has 2 atom stereocenters. The van der Waals surface area contributed by atoms with Crippen LogP contribution < -0.4 is 5.32 Å². The smallest absolute Gasteiger partial charge is 0.255 e. The molecule has 2 fully saturated rings. The van der Waals surface area contributed by atoms with Crippen molar-refractivity contribution in [1.29, 1.82) is 0 Å². The Morgan fingerprint density at radius 1 is 1.48 bits per heavy atom. The van der Waals surface area contributed by atoms with Crippen LogP contribution in [0.25, 0.3) is 0 Å². The number of nitrogens with zero attached hydrogens (tertiary/aromatic N) is 2. The second kappa shape index (κ2) is 5.81. The number of hydrogen-bond acceptors (Lipinski definition) is 4. The third kappa shape index (κ3) is 2.90. The summed E-state index contributed by atoms with van der Waals surface area (Å²) in [5.41, 5.74) is 1.46. The van der Waals surface area contributed by atoms with Crippen molar-refractivity contribution in [2.24, 2.45) is 5.92 Å². The Morgan fingerprint density at radius 2 is 2.33 bits per heavy atom. The first-order valence-electron chi connectivity index (χ1n) is 7.26. The van der Waals surface area contributed by atoms with Gasteiger partial charge in [-0.2, -0.15) is 0 Å². The van der Waals surface area contributed by atoms with Crippen molar-refractivity contribution < 1.29 is 14.3 Å². The average Bonchev–Trinajstić information content (AvgIpc) is 2.69. The van der Waals surface area contributed by atoms with Crippen LogP contribution in [-0.2, 0) is 9.53 Å². The van der Waals surface area contributed by atoms with Crippen molar-refractivity contribution in [1.82, 2.24) is 15.2 Å². The molecule has 0 spiro atoms. The Hall–Kier alpha value is -1.95. The van der Waals surface area contributed by atoms with E-state index in [2.05, 4.69) is 10.3 Å². The molecule has 0 bridgehead atoms. The summed E-state index contributed by atoms with van der Waals surface area (Å²) >= 11 is 0. The van der Waals surface area contributed by atoms with Crippen LogP contribution in [0.15, 0.2) is 18.3 Å². The molecule has 1 N–H and O–H groups in total. The number of carbonyl (C=O) groups is 2. The van der Waals surface area contributed by atoms with Crippen LogP contribution in [0, 0.1) is 12.8 Å². The Kier molecular flexibility index (Phi) is 3.88. The molecule has 0 aliphatic carbocycles. The van der Waals surface area contributed by atoms with Crippen molar-refractivity contribution >= 4 is 11.8 Å². The van der Waals surface area contributed by atoms with Crippen LogP contribution in [0.3, 0.4) is 0 Å². The summed E-state index contributed by atoms with van der Waals surface area (Å²) in [5.74, 6) is -0.150. The number of likely N-dealkylation sites (tertiary alicyclic amines) is 1. The summed E-state index contributed by atoms with van der Waals surface area (Å²) in [6.07, 6.45) is 2.04. The third-order valence-corrected chi connectivity index (χ3v) is 4.07. The van der Waals surface area contributed by atoms with Crippen LogP contribution in [0.2, 0.25) is 0 Å². The number of ether oxygens (including phenoxy) is 1. The summed E-state index contributed by atoms with van der Waals surface area (Å²) < 4.78 is 5.72. The molecule has 3 rings (SSSR count). The van der Waals surface area contributed by atoms with E-state index in [0.717, 1.165) is 5.69 Å².